The molecule has 0 saturated heterocycles. The number of fused-ring (bicyclic) bond motifs is 4. The van der Waals surface area contributed by atoms with Crippen LogP contribution in [0.3, 0.4) is 0 Å². The largest absolute Gasteiger partial charge is 0.491 e. The fraction of sp³-hybridized carbons (Fsp3) is 0.190. The van der Waals surface area contributed by atoms with Gasteiger partial charge in [-0.15, -0.1) is 0 Å². The Kier molecular flexibility index (Phi) is 4.46. The number of rotatable bonds is 2. The van der Waals surface area contributed by atoms with E-state index in [0.717, 1.165) is 5.56 Å². The Balaban J connectivity index is 1.60. The van der Waals surface area contributed by atoms with Gasteiger partial charge in [-0.25, -0.2) is 9.37 Å². The molecule has 0 fully saturated rings. The number of ether oxygens (including phenoxy) is 1. The van der Waals surface area contributed by atoms with Crippen molar-refractivity contribution < 1.29 is 13.9 Å². The molecular weight excluding hydrogens is 444 g/mol. The molecule has 2 aromatic heterocycles. The van der Waals surface area contributed by atoms with Crippen LogP contribution < -0.4 is 10.5 Å². The van der Waals surface area contributed by atoms with Gasteiger partial charge in [-0.3, -0.25) is 9.48 Å². The number of hydrogen-bond acceptors (Lipinski definition) is 5. The van der Waals surface area contributed by atoms with E-state index in [1.807, 2.05) is 0 Å². The molecule has 1 atom stereocenters. The number of carbonyl (C=O) groups excluding carboxylic acids is 1. The number of amides is 1. The lowest BCUT2D eigenvalue weighted by Gasteiger charge is -2.24. The monoisotopic (exact) mass is 459 g/mol. The minimum absolute atomic E-state index is 0.0856. The number of nitrogens with two attached hydrogens (primary N) is 1. The van der Waals surface area contributed by atoms with Gasteiger partial charge in [0.15, 0.2) is 0 Å². The third-order valence-electron chi connectivity index (χ3n) is 5.62. The summed E-state index contributed by atoms with van der Waals surface area (Å²) >= 11 is 12.2. The Hall–Kier alpha value is -3.10. The molecule has 7 nitrogen and oxygen atoms in total. The summed E-state index contributed by atoms with van der Waals surface area (Å²) in [5.74, 6) is -0.388. The fourth-order valence-electron chi connectivity index (χ4n) is 3.98. The van der Waals surface area contributed by atoms with E-state index in [4.69, 9.17) is 33.7 Å². The molecular formula is C21H16Cl2FN5O2. The topological polar surface area (TPSA) is 86.3 Å². The van der Waals surface area contributed by atoms with E-state index in [9.17, 15) is 9.18 Å². The van der Waals surface area contributed by atoms with Crippen molar-refractivity contribution in [3.63, 3.8) is 0 Å². The molecule has 4 aromatic rings. The minimum atomic E-state index is -0.689. The van der Waals surface area contributed by atoms with Gasteiger partial charge in [0, 0.05) is 37.2 Å². The van der Waals surface area contributed by atoms with Crippen LogP contribution in [0.15, 0.2) is 30.5 Å². The van der Waals surface area contributed by atoms with E-state index >= 15 is 0 Å². The van der Waals surface area contributed by atoms with Crippen molar-refractivity contribution in [2.75, 3.05) is 19.4 Å². The second kappa shape index (κ2) is 6.96. The van der Waals surface area contributed by atoms with E-state index < -0.39 is 17.8 Å². The van der Waals surface area contributed by atoms with Gasteiger partial charge in [-0.05, 0) is 12.1 Å². The Morgan fingerprint density at radius 3 is 2.77 bits per heavy atom. The maximum Gasteiger partial charge on any atom is 0.257 e. The molecule has 0 radical (unpaired) electrons. The van der Waals surface area contributed by atoms with Gasteiger partial charge in [0.1, 0.15) is 24.0 Å². The molecule has 1 aliphatic heterocycles. The van der Waals surface area contributed by atoms with Crippen LogP contribution in [-0.4, -0.2) is 39.2 Å². The third-order valence-corrected chi connectivity index (χ3v) is 6.34. The molecule has 158 valence electrons. The van der Waals surface area contributed by atoms with Crippen LogP contribution in [0, 0.1) is 5.82 Å². The maximum absolute atomic E-state index is 15.0. The van der Waals surface area contributed by atoms with E-state index in [1.165, 1.54) is 17.0 Å². The average Bonchev–Trinajstić information content (AvgIpc) is 3.31. The second-order valence-electron chi connectivity index (χ2n) is 7.42. The summed E-state index contributed by atoms with van der Waals surface area (Å²) in [7, 11) is 3.35. The Bertz CT molecular complexity index is 1400. The van der Waals surface area contributed by atoms with Gasteiger partial charge in [-0.2, -0.15) is 5.10 Å². The molecule has 1 amide bonds. The predicted molar refractivity (Wildman–Crippen MR) is 117 cm³/mol. The van der Waals surface area contributed by atoms with Crippen molar-refractivity contribution in [2.45, 2.75) is 6.04 Å². The number of likely N-dealkylation sites (N-methyl/N-ethyl adjacent to an activating group) is 1. The SMILES string of the molecule is CN(C(=O)c1cc2c(cc1F)nc(N)c1cnn(C)c12)[C@H]1COc2cc(Cl)c(Cl)cc21. The highest BCUT2D eigenvalue weighted by Gasteiger charge is 2.33. The first kappa shape index (κ1) is 19.8. The molecule has 3 heterocycles. The maximum atomic E-state index is 15.0. The van der Waals surface area contributed by atoms with E-state index in [1.54, 1.807) is 37.1 Å². The third kappa shape index (κ3) is 2.97. The summed E-state index contributed by atoms with van der Waals surface area (Å²) in [5, 5.41) is 6.15. The van der Waals surface area contributed by atoms with Crippen molar-refractivity contribution in [3.8, 4) is 5.75 Å². The molecule has 1 aliphatic rings. The van der Waals surface area contributed by atoms with E-state index in [-0.39, 0.29) is 18.0 Å². The average molecular weight is 460 g/mol. The number of hydrogen-bond donors (Lipinski definition) is 1. The van der Waals surface area contributed by atoms with E-state index in [2.05, 4.69) is 10.1 Å². The normalized spacial score (nSPS) is 15.3. The molecule has 0 spiro atoms. The highest BCUT2D eigenvalue weighted by Crippen LogP contribution is 2.41. The first-order chi connectivity index (χ1) is 14.8. The summed E-state index contributed by atoms with van der Waals surface area (Å²) in [5.41, 5.74) is 7.64. The zero-order valence-electron chi connectivity index (χ0n) is 16.5. The smallest absolute Gasteiger partial charge is 0.257 e. The molecule has 2 aromatic carbocycles. The quantitative estimate of drug-likeness (QED) is 0.481. The van der Waals surface area contributed by atoms with Gasteiger partial charge in [0.25, 0.3) is 5.91 Å². The van der Waals surface area contributed by atoms with Crippen LogP contribution >= 0.6 is 23.2 Å². The van der Waals surface area contributed by atoms with Gasteiger partial charge >= 0.3 is 0 Å². The van der Waals surface area contributed by atoms with Crippen LogP contribution in [0.1, 0.15) is 22.0 Å². The van der Waals surface area contributed by atoms with Crippen molar-refractivity contribution in [1.29, 1.82) is 0 Å². The molecule has 0 unspecified atom stereocenters. The Labute approximate surface area is 186 Å². The number of halogens is 3. The summed E-state index contributed by atoms with van der Waals surface area (Å²) in [6.45, 7) is 0.216. The molecule has 31 heavy (non-hydrogen) atoms. The van der Waals surface area contributed by atoms with Crippen molar-refractivity contribution >= 4 is 56.7 Å². The lowest BCUT2D eigenvalue weighted by molar-refractivity contribution is 0.0704. The Morgan fingerprint density at radius 2 is 2.00 bits per heavy atom. The fourth-order valence-corrected chi connectivity index (χ4v) is 4.31. The lowest BCUT2D eigenvalue weighted by atomic mass is 10.0. The van der Waals surface area contributed by atoms with Crippen LogP contribution in [0.2, 0.25) is 10.0 Å². The number of carbonyl (C=O) groups is 1. The molecule has 0 bridgehead atoms. The molecule has 0 saturated carbocycles. The van der Waals surface area contributed by atoms with Crippen LogP contribution in [0.5, 0.6) is 5.75 Å². The summed E-state index contributed by atoms with van der Waals surface area (Å²) in [4.78, 5) is 19.0. The first-order valence-electron chi connectivity index (χ1n) is 9.35. The highest BCUT2D eigenvalue weighted by molar-refractivity contribution is 6.42. The summed E-state index contributed by atoms with van der Waals surface area (Å²) in [6.07, 6.45) is 1.59. The van der Waals surface area contributed by atoms with Crippen LogP contribution in [0.25, 0.3) is 21.8 Å². The minimum Gasteiger partial charge on any atom is -0.491 e. The highest BCUT2D eigenvalue weighted by atomic mass is 35.5. The zero-order valence-corrected chi connectivity index (χ0v) is 18.0. The number of benzene rings is 2. The van der Waals surface area contributed by atoms with Gasteiger partial charge < -0.3 is 15.4 Å². The van der Waals surface area contributed by atoms with Crippen LogP contribution in [0.4, 0.5) is 10.2 Å². The van der Waals surface area contributed by atoms with Gasteiger partial charge in [0.2, 0.25) is 0 Å². The number of aromatic nitrogens is 3. The lowest BCUT2D eigenvalue weighted by Crippen LogP contribution is -2.32. The van der Waals surface area contributed by atoms with E-state index in [0.29, 0.717) is 37.6 Å². The summed E-state index contributed by atoms with van der Waals surface area (Å²) in [6, 6.07) is 5.56. The zero-order chi connectivity index (χ0) is 22.0. The van der Waals surface area contributed by atoms with Gasteiger partial charge in [0.05, 0.1) is 44.3 Å². The number of nitrogen functional groups attached to an aromatic ring is 1. The van der Waals surface area contributed by atoms with Crippen molar-refractivity contribution in [3.05, 3.63) is 57.5 Å². The number of anilines is 1. The van der Waals surface area contributed by atoms with Crippen molar-refractivity contribution in [1.82, 2.24) is 19.7 Å². The molecule has 10 heteroatoms. The number of nitrogens with zero attached hydrogens (tertiary/aromatic N) is 4. The first-order valence-corrected chi connectivity index (χ1v) is 10.1. The van der Waals surface area contributed by atoms with Crippen molar-refractivity contribution in [2.24, 2.45) is 7.05 Å². The summed E-state index contributed by atoms with van der Waals surface area (Å²) < 4.78 is 22.3. The molecule has 5 rings (SSSR count). The van der Waals surface area contributed by atoms with Gasteiger partial charge in [-0.1, -0.05) is 23.2 Å². The Morgan fingerprint density at radius 1 is 1.26 bits per heavy atom. The molecule has 0 aliphatic carbocycles. The molecule has 2 N–H and O–H groups in total. The predicted octanol–water partition coefficient (Wildman–Crippen LogP) is 4.36. The standard InChI is InChI=1S/C21H16Cl2FN5O2/c1-28(17-8-31-18-5-14(23)13(22)4-11(17)18)21(30)9-3-10-16(6-15(9)24)27-20(25)12-7-26-29(2)19(10)12/h3-7,17H,8H2,1-2H3,(H2,25,27)/t17-/m0/s1. The van der Waals surface area contributed by atoms with Crippen LogP contribution in [-0.2, 0) is 7.05 Å². The second-order valence-corrected chi connectivity index (χ2v) is 8.24. The number of pyridine rings is 1. The number of aryl methyl sites for hydroxylation is 1.